The van der Waals surface area contributed by atoms with Gasteiger partial charge in [0.2, 0.25) is 0 Å². The third-order valence-corrected chi connectivity index (χ3v) is 5.95. The number of hydrogen-bond donors (Lipinski definition) is 1. The topological polar surface area (TPSA) is 76.9 Å². The molecule has 2 rings (SSSR count). The number of nitrogens with zero attached hydrogens (tertiary/aromatic N) is 3. The molecular formula is C12H18N4O2S2. The second-order valence-corrected chi connectivity index (χ2v) is 7.83. The summed E-state index contributed by atoms with van der Waals surface area (Å²) >= 11 is 1.21. The van der Waals surface area contributed by atoms with E-state index in [4.69, 9.17) is 0 Å². The lowest BCUT2D eigenvalue weighted by Gasteiger charge is -2.16. The van der Waals surface area contributed by atoms with Crippen molar-refractivity contribution in [3.05, 3.63) is 29.2 Å². The Morgan fingerprint density at radius 2 is 2.05 bits per heavy atom. The van der Waals surface area contributed by atoms with Crippen molar-refractivity contribution in [1.82, 2.24) is 19.5 Å². The first-order valence-electron chi connectivity index (χ1n) is 6.28. The molecule has 20 heavy (non-hydrogen) atoms. The zero-order chi connectivity index (χ0) is 14.9. The van der Waals surface area contributed by atoms with Crippen LogP contribution in [-0.4, -0.2) is 23.2 Å². The molecule has 0 spiro atoms. The molecule has 6 nitrogen and oxygen atoms in total. The number of thiophene rings is 1. The molecule has 0 aliphatic carbocycles. The zero-order valence-corrected chi connectivity index (χ0v) is 13.5. The van der Waals surface area contributed by atoms with E-state index in [2.05, 4.69) is 14.9 Å². The van der Waals surface area contributed by atoms with Crippen molar-refractivity contribution in [1.29, 1.82) is 0 Å². The highest BCUT2D eigenvalue weighted by molar-refractivity contribution is 7.91. The predicted molar refractivity (Wildman–Crippen MR) is 78.2 cm³/mol. The van der Waals surface area contributed by atoms with E-state index in [1.54, 1.807) is 19.3 Å². The van der Waals surface area contributed by atoms with Crippen LogP contribution in [0.5, 0.6) is 0 Å². The van der Waals surface area contributed by atoms with Crippen LogP contribution in [0.1, 0.15) is 44.2 Å². The lowest BCUT2D eigenvalue weighted by molar-refractivity contribution is 0.515. The van der Waals surface area contributed by atoms with Gasteiger partial charge in [0.15, 0.2) is 5.82 Å². The van der Waals surface area contributed by atoms with E-state index < -0.39 is 16.1 Å². The molecule has 0 amide bonds. The Bertz CT molecular complexity index is 688. The van der Waals surface area contributed by atoms with Crippen LogP contribution in [0.2, 0.25) is 0 Å². The Labute approximate surface area is 122 Å². The summed E-state index contributed by atoms with van der Waals surface area (Å²) in [6.45, 7) is 7.63. The summed E-state index contributed by atoms with van der Waals surface area (Å²) in [4.78, 5) is 0. The van der Waals surface area contributed by atoms with E-state index in [0.717, 1.165) is 5.56 Å². The van der Waals surface area contributed by atoms with Crippen LogP contribution in [0.3, 0.4) is 0 Å². The molecule has 0 fully saturated rings. The van der Waals surface area contributed by atoms with Gasteiger partial charge in [-0.15, -0.1) is 21.5 Å². The highest BCUT2D eigenvalue weighted by Crippen LogP contribution is 2.22. The van der Waals surface area contributed by atoms with Gasteiger partial charge in [0.25, 0.3) is 10.0 Å². The lowest BCUT2D eigenvalue weighted by Crippen LogP contribution is -2.28. The summed E-state index contributed by atoms with van der Waals surface area (Å²) in [7, 11) is -3.52. The fourth-order valence-electron chi connectivity index (χ4n) is 1.85. The Morgan fingerprint density at radius 3 is 2.60 bits per heavy atom. The van der Waals surface area contributed by atoms with Gasteiger partial charge in [0, 0.05) is 6.04 Å². The van der Waals surface area contributed by atoms with E-state index in [1.165, 1.54) is 11.3 Å². The highest BCUT2D eigenvalue weighted by atomic mass is 32.2. The molecule has 0 aliphatic heterocycles. The van der Waals surface area contributed by atoms with Crippen molar-refractivity contribution < 1.29 is 8.42 Å². The summed E-state index contributed by atoms with van der Waals surface area (Å²) in [6, 6.07) is 1.40. The van der Waals surface area contributed by atoms with Crippen LogP contribution < -0.4 is 4.72 Å². The number of sulfonamides is 1. The summed E-state index contributed by atoms with van der Waals surface area (Å²) < 4.78 is 29.4. The zero-order valence-electron chi connectivity index (χ0n) is 11.9. The number of aryl methyl sites for hydroxylation is 1. The minimum atomic E-state index is -3.52. The van der Waals surface area contributed by atoms with Gasteiger partial charge in [-0.2, -0.15) is 0 Å². The molecule has 8 heteroatoms. The molecule has 0 unspecified atom stereocenters. The van der Waals surface area contributed by atoms with Crippen LogP contribution >= 0.6 is 11.3 Å². The monoisotopic (exact) mass is 314 g/mol. The van der Waals surface area contributed by atoms with E-state index >= 15 is 0 Å². The van der Waals surface area contributed by atoms with Crippen LogP contribution in [0.25, 0.3) is 0 Å². The smallest absolute Gasteiger partial charge is 0.250 e. The van der Waals surface area contributed by atoms with Crippen LogP contribution in [0, 0.1) is 6.92 Å². The van der Waals surface area contributed by atoms with Gasteiger partial charge in [-0.25, -0.2) is 13.1 Å². The molecule has 110 valence electrons. The first-order chi connectivity index (χ1) is 9.31. The van der Waals surface area contributed by atoms with Gasteiger partial charge in [-0.05, 0) is 44.7 Å². The van der Waals surface area contributed by atoms with Crippen LogP contribution in [0.4, 0.5) is 0 Å². The van der Waals surface area contributed by atoms with Gasteiger partial charge in [0.1, 0.15) is 10.5 Å². The van der Waals surface area contributed by atoms with E-state index in [9.17, 15) is 8.42 Å². The van der Waals surface area contributed by atoms with Gasteiger partial charge in [0.05, 0.1) is 6.04 Å². The van der Waals surface area contributed by atoms with Crippen LogP contribution in [0.15, 0.2) is 22.0 Å². The Kier molecular flexibility index (Phi) is 4.26. The third kappa shape index (κ3) is 3.08. The maximum absolute atomic E-state index is 12.3. The molecule has 0 aromatic carbocycles. The highest BCUT2D eigenvalue weighted by Gasteiger charge is 2.23. The van der Waals surface area contributed by atoms with Crippen molar-refractivity contribution in [2.24, 2.45) is 0 Å². The minimum Gasteiger partial charge on any atom is -0.314 e. The predicted octanol–water partition coefficient (Wildman–Crippen LogP) is 2.27. The second-order valence-electron chi connectivity index (χ2n) is 4.98. The number of rotatable bonds is 5. The Hall–Kier alpha value is -1.25. The number of aromatic nitrogens is 3. The molecule has 0 aliphatic rings. The van der Waals surface area contributed by atoms with E-state index in [1.807, 2.05) is 30.7 Å². The van der Waals surface area contributed by atoms with Gasteiger partial charge in [-0.1, -0.05) is 0 Å². The largest absolute Gasteiger partial charge is 0.314 e. The first kappa shape index (κ1) is 15.1. The summed E-state index contributed by atoms with van der Waals surface area (Å²) in [6.07, 6.45) is 1.61. The molecule has 2 aromatic heterocycles. The van der Waals surface area contributed by atoms with Crippen molar-refractivity contribution in [2.75, 3.05) is 0 Å². The maximum Gasteiger partial charge on any atom is 0.250 e. The van der Waals surface area contributed by atoms with Crippen molar-refractivity contribution in [3.8, 4) is 0 Å². The summed E-state index contributed by atoms with van der Waals surface area (Å²) in [5, 5.41) is 9.68. The van der Waals surface area contributed by atoms with E-state index in [0.29, 0.717) is 10.0 Å². The van der Waals surface area contributed by atoms with Crippen molar-refractivity contribution in [3.63, 3.8) is 0 Å². The SMILES string of the molecule is Cc1csc(S(=O)(=O)N[C@H](C)c2nncn2C(C)C)c1. The lowest BCUT2D eigenvalue weighted by atomic mass is 10.3. The Balaban J connectivity index is 2.23. The summed E-state index contributed by atoms with van der Waals surface area (Å²) in [5.41, 5.74) is 0.938. The fourth-order valence-corrected chi connectivity index (χ4v) is 4.30. The molecular weight excluding hydrogens is 296 g/mol. The average Bonchev–Trinajstić information content (AvgIpc) is 2.96. The number of hydrogen-bond acceptors (Lipinski definition) is 5. The van der Waals surface area contributed by atoms with Crippen LogP contribution in [-0.2, 0) is 10.0 Å². The molecule has 0 radical (unpaired) electrons. The average molecular weight is 314 g/mol. The summed E-state index contributed by atoms with van der Waals surface area (Å²) in [5.74, 6) is 0.608. The quantitative estimate of drug-likeness (QED) is 0.918. The molecule has 0 saturated carbocycles. The molecule has 1 N–H and O–H groups in total. The third-order valence-electron chi connectivity index (χ3n) is 2.85. The Morgan fingerprint density at radius 1 is 1.35 bits per heavy atom. The fraction of sp³-hybridized carbons (Fsp3) is 0.500. The van der Waals surface area contributed by atoms with Gasteiger partial charge < -0.3 is 4.57 Å². The normalized spacial score (nSPS) is 13.8. The van der Waals surface area contributed by atoms with Gasteiger partial charge >= 0.3 is 0 Å². The van der Waals surface area contributed by atoms with E-state index in [-0.39, 0.29) is 6.04 Å². The molecule has 0 bridgehead atoms. The van der Waals surface area contributed by atoms with Gasteiger partial charge in [-0.3, -0.25) is 0 Å². The second kappa shape index (κ2) is 5.63. The first-order valence-corrected chi connectivity index (χ1v) is 8.64. The molecule has 2 aromatic rings. The van der Waals surface area contributed by atoms with Crippen molar-refractivity contribution >= 4 is 21.4 Å². The minimum absolute atomic E-state index is 0.177. The molecule has 0 saturated heterocycles. The molecule has 1 atom stereocenters. The standard InChI is InChI=1S/C12H18N4O2S2/c1-8(2)16-7-13-14-12(16)10(4)15-20(17,18)11-5-9(3)6-19-11/h5-8,10,15H,1-4H3/t10-/m1/s1. The van der Waals surface area contributed by atoms with Crippen molar-refractivity contribution in [2.45, 2.75) is 44.0 Å². The number of nitrogens with one attached hydrogen (secondary N) is 1. The maximum atomic E-state index is 12.3. The molecule has 2 heterocycles.